The molecule has 2 aromatic carbocycles. The zero-order valence-electron chi connectivity index (χ0n) is 19.4. The van der Waals surface area contributed by atoms with Gasteiger partial charge in [0.15, 0.2) is 17.2 Å². The molecule has 0 fully saturated rings. The van der Waals surface area contributed by atoms with E-state index in [2.05, 4.69) is 4.98 Å². The summed E-state index contributed by atoms with van der Waals surface area (Å²) in [5.41, 5.74) is 6.68. The number of carbonyl (C=O) groups excluding carboxylic acids is 1. The number of nitrogens with zero attached hydrogens (tertiary/aromatic N) is 2. The fraction of sp³-hybridized carbons (Fsp3) is 0.292. The van der Waals surface area contributed by atoms with Gasteiger partial charge in [0.05, 0.1) is 26.5 Å². The molecule has 0 unspecified atom stereocenters. The fourth-order valence-corrected chi connectivity index (χ4v) is 4.00. The van der Waals surface area contributed by atoms with E-state index in [4.69, 9.17) is 15.2 Å². The third-order valence-electron chi connectivity index (χ3n) is 5.31. The fourth-order valence-electron chi connectivity index (χ4n) is 3.60. The first-order valence-corrected chi connectivity index (χ1v) is 12.0. The van der Waals surface area contributed by atoms with Crippen LogP contribution in [-0.4, -0.2) is 48.2 Å². The minimum absolute atomic E-state index is 0.0324. The first-order valence-electron chi connectivity index (χ1n) is 10.6. The highest BCUT2D eigenvalue weighted by Crippen LogP contribution is 2.28. The lowest BCUT2D eigenvalue weighted by molar-refractivity contribution is -0.116. The van der Waals surface area contributed by atoms with Crippen LogP contribution in [0.25, 0.3) is 0 Å². The Morgan fingerprint density at radius 2 is 1.76 bits per heavy atom. The van der Waals surface area contributed by atoms with Gasteiger partial charge in [0.2, 0.25) is 5.91 Å². The molecular weight excluding hydrogens is 456 g/mol. The molecule has 0 aliphatic rings. The number of hydrogen-bond acceptors (Lipinski definition) is 7. The van der Waals surface area contributed by atoms with Crippen molar-refractivity contribution in [1.82, 2.24) is 9.55 Å². The number of nitrogens with two attached hydrogens (primary N) is 1. The van der Waals surface area contributed by atoms with Crippen molar-refractivity contribution in [1.29, 1.82) is 0 Å². The average Bonchev–Trinajstić information content (AvgIpc) is 2.84. The Balaban J connectivity index is 1.99. The van der Waals surface area contributed by atoms with Crippen LogP contribution in [-0.2, 0) is 17.8 Å². The Bertz CT molecular complexity index is 1260. The van der Waals surface area contributed by atoms with Gasteiger partial charge in [-0.05, 0) is 35.9 Å². The standard InChI is InChI=1S/C24H28N4O5S/c1-32-18-10-9-16(13-19(18)33-2)11-12-27(20(29)15-34-3)21-22(25)28(24(31)26-23(21)30)14-17-7-5-4-6-8-17/h4-10,13H,11-12,14-15,25H2,1-3H3,(H,26,30,31). The molecule has 3 N–H and O–H groups in total. The predicted molar refractivity (Wildman–Crippen MR) is 135 cm³/mol. The van der Waals surface area contributed by atoms with E-state index in [1.165, 1.54) is 21.2 Å². The first-order chi connectivity index (χ1) is 16.4. The molecule has 34 heavy (non-hydrogen) atoms. The smallest absolute Gasteiger partial charge is 0.330 e. The Labute approximate surface area is 201 Å². The van der Waals surface area contributed by atoms with Crippen molar-refractivity contribution in [2.24, 2.45) is 0 Å². The van der Waals surface area contributed by atoms with Gasteiger partial charge in [-0.15, -0.1) is 0 Å². The van der Waals surface area contributed by atoms with E-state index in [-0.39, 0.29) is 36.3 Å². The second-order valence-electron chi connectivity index (χ2n) is 7.48. The van der Waals surface area contributed by atoms with Crippen LogP contribution in [0.4, 0.5) is 11.5 Å². The van der Waals surface area contributed by atoms with Gasteiger partial charge in [-0.3, -0.25) is 19.1 Å². The lowest BCUT2D eigenvalue weighted by atomic mass is 10.1. The number of ether oxygens (including phenoxy) is 2. The van der Waals surface area contributed by atoms with Gasteiger partial charge in [0.1, 0.15) is 5.82 Å². The molecule has 0 atom stereocenters. The minimum atomic E-state index is -0.700. The molecule has 10 heteroatoms. The van der Waals surface area contributed by atoms with Crippen molar-refractivity contribution in [2.75, 3.05) is 43.4 Å². The molecule has 3 aromatic rings. The van der Waals surface area contributed by atoms with Gasteiger partial charge >= 0.3 is 5.69 Å². The highest BCUT2D eigenvalue weighted by atomic mass is 32.2. The zero-order valence-corrected chi connectivity index (χ0v) is 20.2. The van der Waals surface area contributed by atoms with Crippen LogP contribution in [0.3, 0.4) is 0 Å². The maximum absolute atomic E-state index is 13.0. The number of rotatable bonds is 10. The largest absolute Gasteiger partial charge is 0.493 e. The molecule has 0 aliphatic heterocycles. The van der Waals surface area contributed by atoms with Crippen molar-refractivity contribution >= 4 is 29.2 Å². The Hall–Kier alpha value is -3.66. The summed E-state index contributed by atoms with van der Waals surface area (Å²) in [5, 5.41) is 0. The molecule has 1 heterocycles. The number of anilines is 2. The van der Waals surface area contributed by atoms with Crippen molar-refractivity contribution < 1.29 is 14.3 Å². The van der Waals surface area contributed by atoms with Crippen molar-refractivity contribution in [3.63, 3.8) is 0 Å². The quantitative estimate of drug-likeness (QED) is 0.452. The van der Waals surface area contributed by atoms with E-state index >= 15 is 0 Å². The summed E-state index contributed by atoms with van der Waals surface area (Å²) in [6.45, 7) is 0.348. The van der Waals surface area contributed by atoms with Crippen LogP contribution in [0.15, 0.2) is 58.1 Å². The van der Waals surface area contributed by atoms with E-state index in [1.807, 2.05) is 42.5 Å². The van der Waals surface area contributed by atoms with Crippen LogP contribution in [0, 0.1) is 0 Å². The number of carbonyl (C=O) groups is 1. The number of aromatic amines is 1. The van der Waals surface area contributed by atoms with Gasteiger partial charge < -0.3 is 20.1 Å². The van der Waals surface area contributed by atoms with Gasteiger partial charge in [-0.25, -0.2) is 4.79 Å². The SMILES string of the molecule is COc1ccc(CCN(C(=O)CSC)c2c(N)n(Cc3ccccc3)c(=O)[nH]c2=O)cc1OC. The van der Waals surface area contributed by atoms with E-state index in [0.717, 1.165) is 11.1 Å². The highest BCUT2D eigenvalue weighted by molar-refractivity contribution is 7.99. The molecule has 0 aliphatic carbocycles. The van der Waals surface area contributed by atoms with Crippen LogP contribution in [0.1, 0.15) is 11.1 Å². The maximum atomic E-state index is 13.0. The first kappa shape index (κ1) is 25.0. The number of nitrogens with one attached hydrogen (secondary N) is 1. The number of hydrogen-bond donors (Lipinski definition) is 2. The molecule has 1 aromatic heterocycles. The number of nitrogen functional groups attached to an aromatic ring is 1. The number of amides is 1. The lowest BCUT2D eigenvalue weighted by Crippen LogP contribution is -2.42. The molecule has 1 amide bonds. The second-order valence-corrected chi connectivity index (χ2v) is 8.35. The summed E-state index contributed by atoms with van der Waals surface area (Å²) in [7, 11) is 3.10. The van der Waals surface area contributed by atoms with Gasteiger partial charge in [0, 0.05) is 6.54 Å². The van der Waals surface area contributed by atoms with E-state index in [9.17, 15) is 14.4 Å². The van der Waals surface area contributed by atoms with Crippen LogP contribution < -0.4 is 31.4 Å². The monoisotopic (exact) mass is 484 g/mol. The van der Waals surface area contributed by atoms with E-state index < -0.39 is 11.2 Å². The van der Waals surface area contributed by atoms with Gasteiger partial charge in [-0.1, -0.05) is 36.4 Å². The molecule has 0 bridgehead atoms. The lowest BCUT2D eigenvalue weighted by Gasteiger charge is -2.24. The molecule has 9 nitrogen and oxygen atoms in total. The molecule has 0 saturated heterocycles. The third-order valence-corrected chi connectivity index (χ3v) is 5.84. The zero-order chi connectivity index (χ0) is 24.7. The highest BCUT2D eigenvalue weighted by Gasteiger charge is 2.24. The topological polar surface area (TPSA) is 120 Å². The van der Waals surface area contributed by atoms with Crippen LogP contribution >= 0.6 is 11.8 Å². The van der Waals surface area contributed by atoms with Crippen molar-refractivity contribution in [2.45, 2.75) is 13.0 Å². The summed E-state index contributed by atoms with van der Waals surface area (Å²) in [6, 6.07) is 14.7. The number of aromatic nitrogens is 2. The van der Waals surface area contributed by atoms with Crippen LogP contribution in [0.5, 0.6) is 11.5 Å². The summed E-state index contributed by atoms with van der Waals surface area (Å²) in [5.74, 6) is 0.975. The van der Waals surface area contributed by atoms with E-state index in [0.29, 0.717) is 17.9 Å². The molecule has 3 rings (SSSR count). The number of benzene rings is 2. The van der Waals surface area contributed by atoms with Gasteiger partial charge in [-0.2, -0.15) is 11.8 Å². The number of thioether (sulfide) groups is 1. The van der Waals surface area contributed by atoms with Crippen molar-refractivity contribution in [3.8, 4) is 11.5 Å². The van der Waals surface area contributed by atoms with Crippen molar-refractivity contribution in [3.05, 3.63) is 80.5 Å². The molecule has 0 saturated carbocycles. The summed E-state index contributed by atoms with van der Waals surface area (Å²) in [6.07, 6.45) is 2.23. The molecule has 0 radical (unpaired) electrons. The number of H-pyrrole nitrogens is 1. The molecule has 0 spiro atoms. The Kier molecular flexibility index (Phi) is 8.42. The summed E-state index contributed by atoms with van der Waals surface area (Å²) in [4.78, 5) is 42.0. The molecular formula is C24H28N4O5S. The average molecular weight is 485 g/mol. The maximum Gasteiger partial charge on any atom is 0.330 e. The predicted octanol–water partition coefficient (Wildman–Crippen LogP) is 2.12. The molecule has 180 valence electrons. The Morgan fingerprint density at radius 3 is 2.41 bits per heavy atom. The van der Waals surface area contributed by atoms with Gasteiger partial charge in [0.25, 0.3) is 5.56 Å². The third kappa shape index (κ3) is 5.63. The second kappa shape index (κ2) is 11.5. The minimum Gasteiger partial charge on any atom is -0.493 e. The van der Waals surface area contributed by atoms with E-state index in [1.54, 1.807) is 26.5 Å². The summed E-state index contributed by atoms with van der Waals surface area (Å²) < 4.78 is 11.9. The van der Waals surface area contributed by atoms with Crippen LogP contribution in [0.2, 0.25) is 0 Å². The Morgan fingerprint density at radius 1 is 1.06 bits per heavy atom. The number of methoxy groups -OCH3 is 2. The summed E-state index contributed by atoms with van der Waals surface area (Å²) >= 11 is 1.34. The normalized spacial score (nSPS) is 10.7.